The van der Waals surface area contributed by atoms with Gasteiger partial charge in [0.1, 0.15) is 11.4 Å². The van der Waals surface area contributed by atoms with Gasteiger partial charge in [-0.1, -0.05) is 12.1 Å². The summed E-state index contributed by atoms with van der Waals surface area (Å²) in [7, 11) is 0. The molecule has 3 rings (SSSR count). The number of aryl methyl sites for hydroxylation is 1. The average Bonchev–Trinajstić information content (AvgIpc) is 2.35. The van der Waals surface area contributed by atoms with Crippen LogP contribution in [0.25, 0.3) is 0 Å². The van der Waals surface area contributed by atoms with Crippen LogP contribution in [0.4, 0.5) is 4.39 Å². The summed E-state index contributed by atoms with van der Waals surface area (Å²) in [4.78, 5) is 14.5. The molecule has 2 nitrogen and oxygen atoms in total. The van der Waals surface area contributed by atoms with Crippen LogP contribution in [-0.2, 0) is 23.2 Å². The fourth-order valence-electron chi connectivity index (χ4n) is 3.18. The van der Waals surface area contributed by atoms with Crippen LogP contribution < -0.4 is 0 Å². The Bertz CT molecular complexity index is 528. The third kappa shape index (κ3) is 1.62. The Balaban J connectivity index is 2.10. The van der Waals surface area contributed by atoms with E-state index >= 15 is 0 Å². The van der Waals surface area contributed by atoms with E-state index in [9.17, 15) is 9.18 Å². The number of carbonyl (C=O) groups excluding carboxylic acids is 1. The minimum absolute atomic E-state index is 0.120. The number of isocyanates is 1. The number of nitrogens with zero attached hydrogens (tertiary/aromatic N) is 1. The van der Waals surface area contributed by atoms with E-state index in [1.807, 2.05) is 12.1 Å². The highest BCUT2D eigenvalue weighted by Crippen LogP contribution is 2.46. The number of hydrogen-bond donors (Lipinski definition) is 0. The second kappa shape index (κ2) is 4.33. The first kappa shape index (κ1) is 11.6. The van der Waals surface area contributed by atoms with E-state index in [1.54, 1.807) is 6.08 Å². The lowest BCUT2D eigenvalue weighted by molar-refractivity contribution is 0.246. The lowest BCUT2D eigenvalue weighted by atomic mass is 9.71. The van der Waals surface area contributed by atoms with E-state index in [0.717, 1.165) is 56.1 Å². The second-order valence-corrected chi connectivity index (χ2v) is 5.36. The zero-order valence-electron chi connectivity index (χ0n) is 10.3. The van der Waals surface area contributed by atoms with E-state index in [2.05, 4.69) is 4.99 Å². The van der Waals surface area contributed by atoms with Crippen LogP contribution in [0.3, 0.4) is 0 Å². The Morgan fingerprint density at radius 3 is 2.61 bits per heavy atom. The van der Waals surface area contributed by atoms with Crippen LogP contribution in [0.1, 0.15) is 48.8 Å². The molecule has 0 saturated heterocycles. The fourth-order valence-corrected chi connectivity index (χ4v) is 3.18. The molecule has 0 amide bonds. The molecular formula is C15H16FNO. The summed E-state index contributed by atoms with van der Waals surface area (Å²) >= 11 is 0. The van der Waals surface area contributed by atoms with Crippen LogP contribution >= 0.6 is 0 Å². The van der Waals surface area contributed by atoms with Gasteiger partial charge in [-0.15, -0.1) is 0 Å². The van der Waals surface area contributed by atoms with E-state index in [-0.39, 0.29) is 5.82 Å². The zero-order chi connectivity index (χ0) is 12.6. The number of fused-ring (bicyclic) bond motifs is 1. The molecule has 2 aliphatic carbocycles. The van der Waals surface area contributed by atoms with Gasteiger partial charge in [0.05, 0.1) is 0 Å². The lowest BCUT2D eigenvalue weighted by Gasteiger charge is -2.38. The molecule has 0 radical (unpaired) electrons. The van der Waals surface area contributed by atoms with Crippen molar-refractivity contribution in [3.8, 4) is 0 Å². The summed E-state index contributed by atoms with van der Waals surface area (Å²) in [5, 5.41) is 0. The molecule has 0 spiro atoms. The molecule has 0 aliphatic heterocycles. The van der Waals surface area contributed by atoms with Gasteiger partial charge in [-0.25, -0.2) is 9.18 Å². The topological polar surface area (TPSA) is 29.4 Å². The quantitative estimate of drug-likeness (QED) is 0.580. The largest absolute Gasteiger partial charge is 0.235 e. The molecule has 0 heterocycles. The molecule has 0 unspecified atom stereocenters. The van der Waals surface area contributed by atoms with Crippen molar-refractivity contribution in [3.63, 3.8) is 0 Å². The minimum atomic E-state index is -0.613. The Hall–Kier alpha value is -1.47. The predicted molar refractivity (Wildman–Crippen MR) is 66.7 cm³/mol. The molecule has 0 aromatic heterocycles. The van der Waals surface area contributed by atoms with Crippen molar-refractivity contribution in [3.05, 3.63) is 34.6 Å². The lowest BCUT2D eigenvalue weighted by Crippen LogP contribution is -2.33. The number of aliphatic imine (C=N–C) groups is 1. The van der Waals surface area contributed by atoms with Gasteiger partial charge in [0.25, 0.3) is 0 Å². The Morgan fingerprint density at radius 2 is 1.94 bits per heavy atom. The Morgan fingerprint density at radius 1 is 1.17 bits per heavy atom. The summed E-state index contributed by atoms with van der Waals surface area (Å²) in [6.45, 7) is 0. The first-order chi connectivity index (χ1) is 8.77. The molecular weight excluding hydrogens is 229 g/mol. The third-order valence-corrected chi connectivity index (χ3v) is 4.40. The number of halogens is 1. The van der Waals surface area contributed by atoms with Crippen LogP contribution in [-0.4, -0.2) is 6.08 Å². The maximum Gasteiger partial charge on any atom is 0.235 e. The fraction of sp³-hybridized carbons (Fsp3) is 0.533. The monoisotopic (exact) mass is 245 g/mol. The molecule has 1 aromatic carbocycles. The molecule has 1 aromatic rings. The van der Waals surface area contributed by atoms with Crippen molar-refractivity contribution in [2.45, 2.75) is 50.5 Å². The smallest absolute Gasteiger partial charge is 0.211 e. The maximum absolute atomic E-state index is 14.6. The second-order valence-electron chi connectivity index (χ2n) is 5.36. The molecule has 94 valence electrons. The van der Waals surface area contributed by atoms with Gasteiger partial charge in [-0.2, -0.15) is 4.99 Å². The van der Waals surface area contributed by atoms with E-state index in [0.29, 0.717) is 5.56 Å². The van der Waals surface area contributed by atoms with Crippen molar-refractivity contribution >= 4 is 6.08 Å². The Labute approximate surface area is 106 Å². The third-order valence-electron chi connectivity index (χ3n) is 4.40. The van der Waals surface area contributed by atoms with E-state index in [1.165, 1.54) is 0 Å². The van der Waals surface area contributed by atoms with Gasteiger partial charge in [0.15, 0.2) is 0 Å². The van der Waals surface area contributed by atoms with Gasteiger partial charge in [-0.3, -0.25) is 0 Å². The summed E-state index contributed by atoms with van der Waals surface area (Å²) < 4.78 is 14.6. The Kier molecular flexibility index (Phi) is 2.79. The molecule has 0 N–H and O–H groups in total. The van der Waals surface area contributed by atoms with Gasteiger partial charge < -0.3 is 0 Å². The van der Waals surface area contributed by atoms with Crippen LogP contribution in [0.5, 0.6) is 0 Å². The van der Waals surface area contributed by atoms with Crippen molar-refractivity contribution in [2.75, 3.05) is 0 Å². The zero-order valence-corrected chi connectivity index (χ0v) is 10.3. The van der Waals surface area contributed by atoms with Crippen LogP contribution in [0.2, 0.25) is 0 Å². The molecule has 1 fully saturated rings. The van der Waals surface area contributed by atoms with Gasteiger partial charge in [0, 0.05) is 5.56 Å². The van der Waals surface area contributed by atoms with Crippen molar-refractivity contribution < 1.29 is 9.18 Å². The van der Waals surface area contributed by atoms with Crippen molar-refractivity contribution in [1.29, 1.82) is 0 Å². The molecule has 3 heteroatoms. The minimum Gasteiger partial charge on any atom is -0.211 e. The van der Waals surface area contributed by atoms with Crippen LogP contribution in [0, 0.1) is 5.82 Å². The summed E-state index contributed by atoms with van der Waals surface area (Å²) in [6, 6.07) is 3.85. The number of benzene rings is 1. The van der Waals surface area contributed by atoms with E-state index < -0.39 is 5.54 Å². The maximum atomic E-state index is 14.6. The van der Waals surface area contributed by atoms with E-state index in [4.69, 9.17) is 0 Å². The number of rotatable bonds is 2. The standard InChI is InChI=1S/C15H16FNO/c16-14-12-5-2-1-4-11(12)6-7-13(14)15(17-10-18)8-3-9-15/h6-7H,1-5,8-9H2. The molecule has 0 bridgehead atoms. The summed E-state index contributed by atoms with van der Waals surface area (Å²) in [6.07, 6.45) is 8.13. The summed E-state index contributed by atoms with van der Waals surface area (Å²) in [5.74, 6) is -0.120. The highest BCUT2D eigenvalue weighted by Gasteiger charge is 2.41. The highest BCUT2D eigenvalue weighted by atomic mass is 19.1. The summed E-state index contributed by atoms with van der Waals surface area (Å²) in [5.41, 5.74) is 1.98. The molecule has 2 aliphatic rings. The van der Waals surface area contributed by atoms with Gasteiger partial charge >= 0.3 is 0 Å². The van der Waals surface area contributed by atoms with Gasteiger partial charge in [-0.05, 0) is 56.1 Å². The first-order valence-corrected chi connectivity index (χ1v) is 6.67. The van der Waals surface area contributed by atoms with Gasteiger partial charge in [0.2, 0.25) is 6.08 Å². The van der Waals surface area contributed by atoms with Crippen LogP contribution in [0.15, 0.2) is 17.1 Å². The van der Waals surface area contributed by atoms with Crippen molar-refractivity contribution in [1.82, 2.24) is 0 Å². The van der Waals surface area contributed by atoms with Crippen molar-refractivity contribution in [2.24, 2.45) is 4.99 Å². The molecule has 1 saturated carbocycles. The SMILES string of the molecule is O=C=NC1(c2ccc3c(c2F)CCCC3)CCC1. The highest BCUT2D eigenvalue weighted by molar-refractivity contribution is 5.44. The molecule has 18 heavy (non-hydrogen) atoms. The predicted octanol–water partition coefficient (Wildman–Crippen LogP) is 3.42. The number of hydrogen-bond acceptors (Lipinski definition) is 2. The molecule has 0 atom stereocenters. The average molecular weight is 245 g/mol. The normalized spacial score (nSPS) is 20.5. The first-order valence-electron chi connectivity index (χ1n) is 6.67.